The Hall–Kier alpha value is -4.02. The van der Waals surface area contributed by atoms with Crippen LogP contribution in [0.3, 0.4) is 0 Å². The normalized spacial score (nSPS) is 21.7. The van der Waals surface area contributed by atoms with Gasteiger partial charge in [-0.15, -0.1) is 0 Å². The molecule has 9 nitrogen and oxygen atoms in total. The third-order valence-electron chi connectivity index (χ3n) is 8.19. The van der Waals surface area contributed by atoms with Crippen molar-refractivity contribution in [1.29, 1.82) is 0 Å². The van der Waals surface area contributed by atoms with Crippen LogP contribution in [0.5, 0.6) is 5.88 Å². The van der Waals surface area contributed by atoms with Crippen molar-refractivity contribution >= 4 is 17.5 Å². The van der Waals surface area contributed by atoms with Crippen LogP contribution in [0.25, 0.3) is 11.3 Å². The summed E-state index contributed by atoms with van der Waals surface area (Å²) in [5.41, 5.74) is 0.966. The maximum atomic E-state index is 14.4. The first-order chi connectivity index (χ1) is 18.9. The number of methoxy groups -OCH3 is 1. The molecule has 1 aromatic carbocycles. The molecule has 1 saturated carbocycles. The van der Waals surface area contributed by atoms with E-state index in [4.69, 9.17) is 4.74 Å². The number of nitrogens with zero attached hydrogens (tertiary/aromatic N) is 4. The average molecular weight is 537 g/mol. The van der Waals surface area contributed by atoms with Gasteiger partial charge in [-0.2, -0.15) is 5.10 Å². The van der Waals surface area contributed by atoms with E-state index in [1.807, 2.05) is 15.9 Å². The molecule has 2 aromatic heterocycles. The molecular formula is C28H30F2N6O3. The summed E-state index contributed by atoms with van der Waals surface area (Å²) in [6.45, 7) is 1.71. The molecule has 2 aliphatic heterocycles. The van der Waals surface area contributed by atoms with E-state index < -0.39 is 5.82 Å². The lowest BCUT2D eigenvalue weighted by Crippen LogP contribution is -2.52. The topological polar surface area (TPSA) is 103 Å². The minimum absolute atomic E-state index is 0.000284. The van der Waals surface area contributed by atoms with Gasteiger partial charge in [0.2, 0.25) is 11.8 Å². The number of halogens is 2. The van der Waals surface area contributed by atoms with Crippen LogP contribution in [0, 0.1) is 17.6 Å². The molecule has 0 bridgehead atoms. The van der Waals surface area contributed by atoms with E-state index in [9.17, 15) is 18.4 Å². The second kappa shape index (κ2) is 9.94. The largest absolute Gasteiger partial charge is 0.481 e. The third-order valence-corrected chi connectivity index (χ3v) is 8.19. The van der Waals surface area contributed by atoms with Crippen LogP contribution in [-0.2, 0) is 4.79 Å². The first-order valence-corrected chi connectivity index (χ1v) is 13.2. The molecule has 3 aliphatic rings. The van der Waals surface area contributed by atoms with Crippen LogP contribution >= 0.6 is 0 Å². The number of anilines is 1. The monoisotopic (exact) mass is 536 g/mol. The van der Waals surface area contributed by atoms with Gasteiger partial charge in [-0.05, 0) is 50.3 Å². The Balaban J connectivity index is 1.08. The zero-order valence-electron chi connectivity index (χ0n) is 21.6. The summed E-state index contributed by atoms with van der Waals surface area (Å²) in [5.74, 6) is -0.965. The van der Waals surface area contributed by atoms with E-state index in [0.29, 0.717) is 38.2 Å². The molecule has 1 aliphatic carbocycles. The molecule has 2 amide bonds. The number of H-pyrrole nitrogens is 1. The number of hydrogen-bond donors (Lipinski definition) is 2. The Morgan fingerprint density at radius 2 is 1.95 bits per heavy atom. The highest BCUT2D eigenvalue weighted by molar-refractivity contribution is 5.94. The van der Waals surface area contributed by atoms with E-state index >= 15 is 0 Å². The molecule has 11 heteroatoms. The predicted octanol–water partition coefficient (Wildman–Crippen LogP) is 3.54. The summed E-state index contributed by atoms with van der Waals surface area (Å²) < 4.78 is 33.6. The molecule has 1 unspecified atom stereocenters. The van der Waals surface area contributed by atoms with E-state index in [1.54, 1.807) is 12.1 Å². The lowest BCUT2D eigenvalue weighted by atomic mass is 9.87. The number of ether oxygens (including phenoxy) is 1. The number of rotatable bonds is 6. The molecule has 2 N–H and O–H groups in total. The Labute approximate surface area is 224 Å². The van der Waals surface area contributed by atoms with Crippen LogP contribution < -0.4 is 15.0 Å². The van der Waals surface area contributed by atoms with Gasteiger partial charge in [0.1, 0.15) is 11.5 Å². The maximum absolute atomic E-state index is 14.4. The zero-order valence-corrected chi connectivity index (χ0v) is 21.6. The number of para-hydroxylation sites is 1. The number of hydrogen-bond acceptors (Lipinski definition) is 6. The number of benzene rings is 1. The second-order valence-corrected chi connectivity index (χ2v) is 10.6. The first kappa shape index (κ1) is 25.3. The van der Waals surface area contributed by atoms with Gasteiger partial charge >= 0.3 is 0 Å². The third kappa shape index (κ3) is 4.81. The number of carbonyl (C=O) groups is 2. The van der Waals surface area contributed by atoms with Gasteiger partial charge in [0.05, 0.1) is 24.7 Å². The fourth-order valence-electron chi connectivity index (χ4n) is 5.92. The van der Waals surface area contributed by atoms with Crippen molar-refractivity contribution in [2.24, 2.45) is 5.92 Å². The number of pyridine rings is 1. The summed E-state index contributed by atoms with van der Waals surface area (Å²) in [6, 6.07) is 9.63. The minimum Gasteiger partial charge on any atom is -0.481 e. The Morgan fingerprint density at radius 3 is 2.72 bits per heavy atom. The van der Waals surface area contributed by atoms with Crippen molar-refractivity contribution in [3.05, 3.63) is 59.9 Å². The first-order valence-electron chi connectivity index (χ1n) is 13.2. The lowest BCUT2D eigenvalue weighted by molar-refractivity contribution is -0.127. The molecule has 39 heavy (non-hydrogen) atoms. The summed E-state index contributed by atoms with van der Waals surface area (Å²) in [4.78, 5) is 34.3. The average Bonchev–Trinajstić information content (AvgIpc) is 3.32. The van der Waals surface area contributed by atoms with Gasteiger partial charge < -0.3 is 19.9 Å². The number of aromatic amines is 1. The number of likely N-dealkylation sites (tertiary alicyclic amines) is 1. The van der Waals surface area contributed by atoms with Crippen molar-refractivity contribution in [3.8, 4) is 17.1 Å². The molecule has 2 atom stereocenters. The van der Waals surface area contributed by atoms with E-state index in [2.05, 4.69) is 20.5 Å². The molecule has 204 valence electrons. The molecule has 2 saturated heterocycles. The number of carbonyl (C=O) groups excluding carboxylic acids is 2. The van der Waals surface area contributed by atoms with Gasteiger partial charge in [-0.3, -0.25) is 14.7 Å². The highest BCUT2D eigenvalue weighted by atomic mass is 19.1. The van der Waals surface area contributed by atoms with Crippen molar-refractivity contribution in [2.75, 3.05) is 31.6 Å². The fourth-order valence-corrected chi connectivity index (χ4v) is 5.92. The SMILES string of the molecule is COc1cc(-c2cc(C(=O)N3CCC(C(=O)N[C@@H]4CCN(c5ccccc5F)C4)CC34CC4)[nH]n2)c(F)cn1. The van der Waals surface area contributed by atoms with Crippen LogP contribution in [0.15, 0.2) is 42.6 Å². The molecule has 3 fully saturated rings. The fraction of sp³-hybridized carbons (Fsp3) is 0.429. The van der Waals surface area contributed by atoms with Gasteiger partial charge in [0, 0.05) is 48.8 Å². The number of aromatic nitrogens is 3. The molecule has 3 aromatic rings. The maximum Gasteiger partial charge on any atom is 0.272 e. The number of amides is 2. The van der Waals surface area contributed by atoms with E-state index in [-0.39, 0.29) is 58.0 Å². The lowest BCUT2D eigenvalue weighted by Gasteiger charge is -2.39. The minimum atomic E-state index is -0.564. The van der Waals surface area contributed by atoms with Crippen LogP contribution in [0.1, 0.15) is 42.6 Å². The molecule has 1 spiro atoms. The molecule has 6 rings (SSSR count). The summed E-state index contributed by atoms with van der Waals surface area (Å²) in [6.07, 6.45) is 4.65. The standard InChI is InChI=1S/C28H30F2N6O3/c1-39-25-12-19(21(30)15-31-25)22-13-23(34-33-22)27(38)36-11-6-17(14-28(36)8-9-28)26(37)32-18-7-10-35(16-18)24-5-3-2-4-20(24)29/h2-5,12-13,15,17-18H,6-11,14,16H2,1H3,(H,32,37)(H,33,34)/t17?,18-/m1/s1. The highest BCUT2D eigenvalue weighted by Gasteiger charge is 2.54. The summed E-state index contributed by atoms with van der Waals surface area (Å²) in [7, 11) is 1.44. The smallest absolute Gasteiger partial charge is 0.272 e. The van der Waals surface area contributed by atoms with Crippen LogP contribution in [0.4, 0.5) is 14.5 Å². The number of nitrogens with one attached hydrogen (secondary N) is 2. The second-order valence-electron chi connectivity index (χ2n) is 10.6. The Bertz CT molecular complexity index is 1410. The molecule has 0 radical (unpaired) electrons. The quantitative estimate of drug-likeness (QED) is 0.500. The van der Waals surface area contributed by atoms with E-state index in [1.165, 1.54) is 25.3 Å². The van der Waals surface area contributed by atoms with Crippen molar-refractivity contribution in [3.63, 3.8) is 0 Å². The Kier molecular flexibility index (Phi) is 6.44. The van der Waals surface area contributed by atoms with Gasteiger partial charge in [-0.25, -0.2) is 13.8 Å². The van der Waals surface area contributed by atoms with Crippen molar-refractivity contribution in [1.82, 2.24) is 25.4 Å². The molecule has 4 heterocycles. The Morgan fingerprint density at radius 1 is 1.13 bits per heavy atom. The molecular weight excluding hydrogens is 506 g/mol. The van der Waals surface area contributed by atoms with Gasteiger partial charge in [-0.1, -0.05) is 12.1 Å². The summed E-state index contributed by atoms with van der Waals surface area (Å²) >= 11 is 0. The zero-order chi connectivity index (χ0) is 27.1. The van der Waals surface area contributed by atoms with Crippen LogP contribution in [-0.4, -0.2) is 70.2 Å². The van der Waals surface area contributed by atoms with Crippen molar-refractivity contribution < 1.29 is 23.1 Å². The predicted molar refractivity (Wildman–Crippen MR) is 139 cm³/mol. The highest BCUT2D eigenvalue weighted by Crippen LogP contribution is 2.50. The van der Waals surface area contributed by atoms with E-state index in [0.717, 1.165) is 25.5 Å². The van der Waals surface area contributed by atoms with Gasteiger partial charge in [0.25, 0.3) is 5.91 Å². The van der Waals surface area contributed by atoms with Crippen LogP contribution in [0.2, 0.25) is 0 Å². The summed E-state index contributed by atoms with van der Waals surface area (Å²) in [5, 5.41) is 10.1. The van der Waals surface area contributed by atoms with Crippen molar-refractivity contribution in [2.45, 2.75) is 43.7 Å². The number of piperidine rings is 1. The van der Waals surface area contributed by atoms with Gasteiger partial charge in [0.15, 0.2) is 5.82 Å².